The number of allylic oxidation sites excluding steroid dienone is 4. The third-order valence-corrected chi connectivity index (χ3v) is 12.1. The molecule has 0 unspecified atom stereocenters. The number of fused-ring (bicyclic) bond motifs is 3. The number of aryl methyl sites for hydroxylation is 1. The zero-order chi connectivity index (χ0) is 41.1. The van der Waals surface area contributed by atoms with Gasteiger partial charge in [0.15, 0.2) is 0 Å². The smallest absolute Gasteiger partial charge is 0.0721 e. The van der Waals surface area contributed by atoms with Crippen molar-refractivity contribution in [2.24, 2.45) is 0 Å². The van der Waals surface area contributed by atoms with Crippen LogP contribution in [0.5, 0.6) is 0 Å². The van der Waals surface area contributed by atoms with Gasteiger partial charge in [-0.3, -0.25) is 0 Å². The molecule has 0 spiro atoms. The fourth-order valence-electron chi connectivity index (χ4n) is 9.41. The Balaban J connectivity index is 0.00000228. The van der Waals surface area contributed by atoms with Gasteiger partial charge in [0.05, 0.1) is 16.8 Å². The lowest BCUT2D eigenvalue weighted by atomic mass is 9.65. The molecular formula is C59H49N. The number of rotatable bonds is 8. The van der Waals surface area contributed by atoms with Crippen molar-refractivity contribution in [3.05, 3.63) is 246 Å². The molecule has 1 nitrogen and oxygen atoms in total. The van der Waals surface area contributed by atoms with Gasteiger partial charge in [-0.05, 0) is 128 Å². The Morgan fingerprint density at radius 1 is 0.483 bits per heavy atom. The third kappa shape index (κ3) is 6.77. The summed E-state index contributed by atoms with van der Waals surface area (Å²) in [6, 6.07) is 66.5. The lowest BCUT2D eigenvalue weighted by Crippen LogP contribution is -2.30. The van der Waals surface area contributed by atoms with E-state index in [0.717, 1.165) is 52.0 Å². The monoisotopic (exact) mass is 771 g/mol. The molecule has 0 fully saturated rings. The van der Waals surface area contributed by atoms with Gasteiger partial charge in [-0.1, -0.05) is 196 Å². The van der Waals surface area contributed by atoms with Crippen molar-refractivity contribution >= 4 is 11.6 Å². The van der Waals surface area contributed by atoms with E-state index in [2.05, 4.69) is 214 Å². The third-order valence-electron chi connectivity index (χ3n) is 12.1. The van der Waals surface area contributed by atoms with Crippen molar-refractivity contribution in [2.45, 2.75) is 39.0 Å². The topological polar surface area (TPSA) is 12.9 Å². The van der Waals surface area contributed by atoms with E-state index in [9.17, 15) is 0 Å². The van der Waals surface area contributed by atoms with Crippen LogP contribution in [0.4, 0.5) is 0 Å². The first-order valence-corrected chi connectivity index (χ1v) is 21.3. The van der Waals surface area contributed by atoms with Crippen LogP contribution in [0.3, 0.4) is 0 Å². The van der Waals surface area contributed by atoms with Gasteiger partial charge < -0.3 is 0 Å². The van der Waals surface area contributed by atoms with E-state index < -0.39 is 5.41 Å². The van der Waals surface area contributed by atoms with Crippen LogP contribution in [0.15, 0.2) is 207 Å². The SMILES string of the molecule is C=Cc1cc(-c2cc(-c3cccc(C4=CC=CCC4)c3)nc(-c3cccc(-c4ccccc4)c3)c2)ccc1C1(c2ccccc2C)c2ccccc2-c2ccccc21.CC. The summed E-state index contributed by atoms with van der Waals surface area (Å²) in [7, 11) is 0. The molecule has 0 amide bonds. The number of aromatic nitrogens is 1. The van der Waals surface area contributed by atoms with E-state index in [0.29, 0.717) is 0 Å². The first kappa shape index (κ1) is 38.4. The summed E-state index contributed by atoms with van der Waals surface area (Å²) in [6.45, 7) is 10.7. The maximum absolute atomic E-state index is 5.40. The number of nitrogens with zero attached hydrogens (tertiary/aromatic N) is 1. The Labute approximate surface area is 355 Å². The molecule has 8 aromatic rings. The van der Waals surface area contributed by atoms with Gasteiger partial charge >= 0.3 is 0 Å². The van der Waals surface area contributed by atoms with E-state index in [1.54, 1.807) is 0 Å². The van der Waals surface area contributed by atoms with Crippen molar-refractivity contribution in [2.75, 3.05) is 0 Å². The molecule has 0 saturated heterocycles. The van der Waals surface area contributed by atoms with Gasteiger partial charge in [0.1, 0.15) is 0 Å². The summed E-state index contributed by atoms with van der Waals surface area (Å²) in [4.78, 5) is 5.40. The molecule has 0 radical (unpaired) electrons. The van der Waals surface area contributed by atoms with Crippen LogP contribution < -0.4 is 0 Å². The highest BCUT2D eigenvalue weighted by atomic mass is 14.7. The second kappa shape index (κ2) is 16.6. The molecule has 0 atom stereocenters. The van der Waals surface area contributed by atoms with Crippen LogP contribution in [-0.4, -0.2) is 4.98 Å². The van der Waals surface area contributed by atoms with Crippen molar-refractivity contribution in [1.29, 1.82) is 0 Å². The van der Waals surface area contributed by atoms with Gasteiger partial charge in [0.2, 0.25) is 0 Å². The minimum Gasteiger partial charge on any atom is -0.248 e. The number of benzene rings is 7. The van der Waals surface area contributed by atoms with E-state index in [1.165, 1.54) is 61.2 Å². The molecule has 0 N–H and O–H groups in total. The van der Waals surface area contributed by atoms with Crippen LogP contribution in [0.25, 0.3) is 67.5 Å². The second-order valence-electron chi connectivity index (χ2n) is 15.5. The highest BCUT2D eigenvalue weighted by molar-refractivity contribution is 5.89. The molecule has 60 heavy (non-hydrogen) atoms. The zero-order valence-electron chi connectivity index (χ0n) is 34.7. The highest BCUT2D eigenvalue weighted by Crippen LogP contribution is 2.57. The highest BCUT2D eigenvalue weighted by Gasteiger charge is 2.47. The molecule has 1 aromatic heterocycles. The van der Waals surface area contributed by atoms with Gasteiger partial charge in [0.25, 0.3) is 0 Å². The molecule has 290 valence electrons. The van der Waals surface area contributed by atoms with Crippen molar-refractivity contribution in [1.82, 2.24) is 4.98 Å². The van der Waals surface area contributed by atoms with Gasteiger partial charge in [0, 0.05) is 11.1 Å². The van der Waals surface area contributed by atoms with Crippen LogP contribution in [0, 0.1) is 6.92 Å². The molecule has 1 heterocycles. The number of pyridine rings is 1. The predicted octanol–water partition coefficient (Wildman–Crippen LogP) is 15.8. The molecular weight excluding hydrogens is 723 g/mol. The van der Waals surface area contributed by atoms with Crippen LogP contribution in [0.2, 0.25) is 0 Å². The summed E-state index contributed by atoms with van der Waals surface area (Å²) in [5.41, 5.74) is 20.8. The van der Waals surface area contributed by atoms with Crippen LogP contribution in [0.1, 0.15) is 65.6 Å². The summed E-state index contributed by atoms with van der Waals surface area (Å²) in [6.07, 6.45) is 10.8. The Hall–Kier alpha value is -7.09. The Morgan fingerprint density at radius 2 is 1.03 bits per heavy atom. The predicted molar refractivity (Wildman–Crippen MR) is 256 cm³/mol. The van der Waals surface area contributed by atoms with E-state index >= 15 is 0 Å². The number of hydrogen-bond acceptors (Lipinski definition) is 1. The Kier molecular flexibility index (Phi) is 10.7. The van der Waals surface area contributed by atoms with E-state index in [1.807, 2.05) is 19.9 Å². The summed E-state index contributed by atoms with van der Waals surface area (Å²) in [5.74, 6) is 0. The molecule has 7 aromatic carbocycles. The van der Waals surface area contributed by atoms with Crippen LogP contribution in [-0.2, 0) is 5.41 Å². The molecule has 0 aliphatic heterocycles. The molecule has 0 bridgehead atoms. The average molecular weight is 772 g/mol. The average Bonchev–Trinajstić information content (AvgIpc) is 3.63. The Morgan fingerprint density at radius 3 is 1.67 bits per heavy atom. The van der Waals surface area contributed by atoms with Gasteiger partial charge in [-0.2, -0.15) is 0 Å². The maximum atomic E-state index is 5.40. The first-order chi connectivity index (χ1) is 29.6. The molecule has 2 aliphatic carbocycles. The van der Waals surface area contributed by atoms with Crippen molar-refractivity contribution in [3.63, 3.8) is 0 Å². The van der Waals surface area contributed by atoms with Gasteiger partial charge in [-0.15, -0.1) is 0 Å². The number of hydrogen-bond donors (Lipinski definition) is 0. The van der Waals surface area contributed by atoms with Gasteiger partial charge in [-0.25, -0.2) is 4.98 Å². The second-order valence-corrected chi connectivity index (χ2v) is 15.5. The lowest BCUT2D eigenvalue weighted by Gasteiger charge is -2.36. The summed E-state index contributed by atoms with van der Waals surface area (Å²) < 4.78 is 0. The maximum Gasteiger partial charge on any atom is 0.0721 e. The Bertz CT molecular complexity index is 2880. The standard InChI is InChI=1S/C57H43N.C2H6/c1-3-40-34-45(32-33-52(40)57(51-29-13-10-18-39(51)2)53-30-14-11-27-49(53)50-28-12-15-31-54(50)57)48-37-55(46-25-16-23-43(35-46)41-19-6-4-7-20-41)58-56(38-48)47-26-17-24-44(36-47)42-21-8-5-9-22-42;1-2/h3-8,10-21,23-38H,1,9,22H2,2H3;1-2H3. The fraction of sp³-hybridized carbons (Fsp3) is 0.102. The first-order valence-electron chi connectivity index (χ1n) is 21.3. The normalized spacial score (nSPS) is 13.3. The lowest BCUT2D eigenvalue weighted by molar-refractivity contribution is 0.759. The zero-order valence-corrected chi connectivity index (χ0v) is 34.7. The van der Waals surface area contributed by atoms with E-state index in [-0.39, 0.29) is 0 Å². The molecule has 0 saturated carbocycles. The minimum atomic E-state index is -0.517. The molecule has 1 heteroatoms. The largest absolute Gasteiger partial charge is 0.248 e. The van der Waals surface area contributed by atoms with Crippen molar-refractivity contribution < 1.29 is 0 Å². The van der Waals surface area contributed by atoms with Crippen molar-refractivity contribution in [3.8, 4) is 55.9 Å². The summed E-state index contributed by atoms with van der Waals surface area (Å²) >= 11 is 0. The fourth-order valence-corrected chi connectivity index (χ4v) is 9.41. The molecule has 2 aliphatic rings. The minimum absolute atomic E-state index is 0.517. The summed E-state index contributed by atoms with van der Waals surface area (Å²) in [5, 5.41) is 0. The molecule has 10 rings (SSSR count). The quantitative estimate of drug-likeness (QED) is 0.150. The van der Waals surface area contributed by atoms with Crippen LogP contribution >= 0.6 is 0 Å². The van der Waals surface area contributed by atoms with E-state index in [4.69, 9.17) is 4.98 Å².